The first-order chi connectivity index (χ1) is 11.6. The lowest BCUT2D eigenvalue weighted by atomic mass is 10.2. The zero-order valence-electron chi connectivity index (χ0n) is 13.0. The Morgan fingerprint density at radius 1 is 1.40 bits per heavy atom. The van der Waals surface area contributed by atoms with Crippen molar-refractivity contribution in [2.45, 2.75) is 6.18 Å². The van der Waals surface area contributed by atoms with E-state index in [4.69, 9.17) is 16.9 Å². The lowest BCUT2D eigenvalue weighted by Crippen LogP contribution is -2.18. The van der Waals surface area contributed by atoms with Crippen LogP contribution >= 0.6 is 11.6 Å². The molecule has 0 aromatic carbocycles. The summed E-state index contributed by atoms with van der Waals surface area (Å²) < 4.78 is 39.2. The van der Waals surface area contributed by atoms with E-state index >= 15 is 0 Å². The van der Waals surface area contributed by atoms with Gasteiger partial charge in [-0.25, -0.2) is 9.67 Å². The minimum absolute atomic E-state index is 0.0897. The minimum Gasteiger partial charge on any atom is -0.345 e. The van der Waals surface area contributed by atoms with Gasteiger partial charge in [0, 0.05) is 26.4 Å². The third-order valence-electron chi connectivity index (χ3n) is 3.10. The van der Waals surface area contributed by atoms with Crippen LogP contribution in [-0.2, 0) is 11.0 Å². The second-order valence-corrected chi connectivity index (χ2v) is 5.47. The fourth-order valence-corrected chi connectivity index (χ4v) is 2.06. The summed E-state index contributed by atoms with van der Waals surface area (Å²) >= 11 is 5.90. The smallest absolute Gasteiger partial charge is 0.345 e. The Morgan fingerprint density at radius 3 is 2.60 bits per heavy atom. The minimum atomic E-state index is -4.59. The van der Waals surface area contributed by atoms with E-state index < -0.39 is 11.7 Å². The summed E-state index contributed by atoms with van der Waals surface area (Å²) in [6.07, 6.45) is -0.239. The fourth-order valence-electron chi connectivity index (χ4n) is 1.81. The number of pyridine rings is 1. The number of nitrogens with zero attached hydrogens (tertiary/aromatic N) is 5. The largest absolute Gasteiger partial charge is 0.417 e. The van der Waals surface area contributed by atoms with Crippen LogP contribution in [0.3, 0.4) is 0 Å². The van der Waals surface area contributed by atoms with Gasteiger partial charge in [-0.2, -0.15) is 23.5 Å². The second-order valence-electron chi connectivity index (χ2n) is 5.06. The Balaban J connectivity index is 2.53. The molecule has 10 heteroatoms. The molecule has 0 aliphatic rings. The van der Waals surface area contributed by atoms with Crippen molar-refractivity contribution in [1.82, 2.24) is 19.7 Å². The first kappa shape index (κ1) is 18.5. The van der Waals surface area contributed by atoms with Crippen LogP contribution < -0.4 is 0 Å². The molecule has 25 heavy (non-hydrogen) atoms. The van der Waals surface area contributed by atoms with Crippen LogP contribution in [0.2, 0.25) is 5.02 Å². The first-order valence-corrected chi connectivity index (χ1v) is 7.13. The Bertz CT molecular complexity index is 880. The van der Waals surface area contributed by atoms with Crippen LogP contribution in [-0.4, -0.2) is 39.7 Å². The summed E-state index contributed by atoms with van der Waals surface area (Å²) in [6.45, 7) is 0. The maximum absolute atomic E-state index is 12.7. The highest BCUT2D eigenvalue weighted by Gasteiger charge is 2.32. The molecule has 0 aliphatic heterocycles. The molecule has 0 bridgehead atoms. The van der Waals surface area contributed by atoms with Crippen LogP contribution in [0, 0.1) is 11.3 Å². The highest BCUT2D eigenvalue weighted by atomic mass is 35.5. The van der Waals surface area contributed by atoms with E-state index in [2.05, 4.69) is 10.1 Å². The summed E-state index contributed by atoms with van der Waals surface area (Å²) in [5, 5.41) is 12.8. The Hall–Kier alpha value is -2.86. The number of carbonyl (C=O) groups is 1. The van der Waals surface area contributed by atoms with Gasteiger partial charge in [-0.1, -0.05) is 11.6 Å². The topological polar surface area (TPSA) is 74.8 Å². The molecular weight excluding hydrogens is 359 g/mol. The van der Waals surface area contributed by atoms with Crippen molar-refractivity contribution < 1.29 is 18.0 Å². The lowest BCUT2D eigenvalue weighted by molar-refractivity contribution is -0.137. The monoisotopic (exact) mass is 369 g/mol. The van der Waals surface area contributed by atoms with Crippen LogP contribution in [0.4, 0.5) is 13.2 Å². The maximum atomic E-state index is 12.7. The molecule has 0 spiro atoms. The molecule has 0 N–H and O–H groups in total. The molecule has 0 saturated heterocycles. The van der Waals surface area contributed by atoms with Crippen molar-refractivity contribution in [2.75, 3.05) is 14.1 Å². The van der Waals surface area contributed by atoms with Gasteiger partial charge < -0.3 is 4.90 Å². The molecule has 0 unspecified atom stereocenters. The lowest BCUT2D eigenvalue weighted by Gasteiger charge is -2.10. The predicted molar refractivity (Wildman–Crippen MR) is 83.8 cm³/mol. The number of halogens is 4. The molecule has 2 aromatic heterocycles. The standard InChI is InChI=1S/C15H11ClF3N5O/c1-23(2)13(25)4-3-12-9(6-20)7-22-24(12)14-11(16)5-10(8-21-14)15(17,18)19/h3-5,7-8H,1-2H3/b4-3+. The average molecular weight is 370 g/mol. The van der Waals surface area contributed by atoms with E-state index in [9.17, 15) is 18.0 Å². The van der Waals surface area contributed by atoms with E-state index in [1.54, 1.807) is 14.1 Å². The van der Waals surface area contributed by atoms with Crippen molar-refractivity contribution in [3.05, 3.63) is 46.4 Å². The Kier molecular flexibility index (Phi) is 5.13. The summed E-state index contributed by atoms with van der Waals surface area (Å²) in [7, 11) is 3.09. The van der Waals surface area contributed by atoms with Crippen molar-refractivity contribution in [2.24, 2.45) is 0 Å². The van der Waals surface area contributed by atoms with Crippen LogP contribution in [0.5, 0.6) is 0 Å². The number of carbonyl (C=O) groups excluding carboxylic acids is 1. The number of amides is 1. The third-order valence-corrected chi connectivity index (χ3v) is 3.38. The van der Waals surface area contributed by atoms with Gasteiger partial charge in [0.25, 0.3) is 0 Å². The third kappa shape index (κ3) is 3.97. The SMILES string of the molecule is CN(C)C(=O)/C=C/c1c(C#N)cnn1-c1ncc(C(F)(F)F)cc1Cl. The number of likely N-dealkylation sites (N-methyl/N-ethyl adjacent to an activating group) is 1. The van der Waals surface area contributed by atoms with Gasteiger partial charge in [-0.15, -0.1) is 0 Å². The highest BCUT2D eigenvalue weighted by Crippen LogP contribution is 2.32. The Labute approximate surface area is 145 Å². The van der Waals surface area contributed by atoms with Gasteiger partial charge >= 0.3 is 6.18 Å². The molecular formula is C15H11ClF3N5O. The summed E-state index contributed by atoms with van der Waals surface area (Å²) in [4.78, 5) is 16.7. The fraction of sp³-hybridized carbons (Fsp3) is 0.200. The molecule has 130 valence electrons. The van der Waals surface area contributed by atoms with Gasteiger partial charge in [0.15, 0.2) is 5.82 Å². The summed E-state index contributed by atoms with van der Waals surface area (Å²) in [6, 6.07) is 2.60. The molecule has 0 aliphatic carbocycles. The van der Waals surface area contributed by atoms with E-state index in [0.29, 0.717) is 6.20 Å². The first-order valence-electron chi connectivity index (χ1n) is 6.75. The maximum Gasteiger partial charge on any atom is 0.417 e. The van der Waals surface area contributed by atoms with Crippen molar-refractivity contribution in [3.8, 4) is 11.9 Å². The average Bonchev–Trinajstić information content (AvgIpc) is 2.94. The van der Waals surface area contributed by atoms with Gasteiger partial charge in [-0.3, -0.25) is 4.79 Å². The van der Waals surface area contributed by atoms with E-state index in [-0.39, 0.29) is 28.0 Å². The van der Waals surface area contributed by atoms with Crippen molar-refractivity contribution in [1.29, 1.82) is 5.26 Å². The molecule has 0 fully saturated rings. The number of hydrogen-bond donors (Lipinski definition) is 0. The molecule has 2 heterocycles. The van der Waals surface area contributed by atoms with Gasteiger partial charge in [-0.05, 0) is 12.1 Å². The normalized spacial score (nSPS) is 11.6. The zero-order chi connectivity index (χ0) is 18.8. The number of rotatable bonds is 3. The second kappa shape index (κ2) is 6.94. The summed E-state index contributed by atoms with van der Waals surface area (Å²) in [5.74, 6) is -0.434. The molecule has 6 nitrogen and oxygen atoms in total. The number of aromatic nitrogens is 3. The van der Waals surface area contributed by atoms with Crippen LogP contribution in [0.15, 0.2) is 24.5 Å². The molecule has 0 atom stereocenters. The highest BCUT2D eigenvalue weighted by molar-refractivity contribution is 6.32. The van der Waals surface area contributed by atoms with E-state index in [1.165, 1.54) is 23.2 Å². The number of nitriles is 1. The molecule has 1 amide bonds. The van der Waals surface area contributed by atoms with Gasteiger partial charge in [0.2, 0.25) is 5.91 Å². The molecule has 0 radical (unpaired) electrons. The number of alkyl halides is 3. The van der Waals surface area contributed by atoms with E-state index in [0.717, 1.165) is 10.7 Å². The predicted octanol–water partition coefficient (Wildman–Crippen LogP) is 2.91. The molecule has 2 rings (SSSR count). The van der Waals surface area contributed by atoms with Crippen LogP contribution in [0.25, 0.3) is 11.9 Å². The van der Waals surface area contributed by atoms with Crippen molar-refractivity contribution in [3.63, 3.8) is 0 Å². The quantitative estimate of drug-likeness (QED) is 0.780. The van der Waals surface area contributed by atoms with Gasteiger partial charge in [0.1, 0.15) is 6.07 Å². The van der Waals surface area contributed by atoms with E-state index in [1.807, 2.05) is 6.07 Å². The van der Waals surface area contributed by atoms with Crippen molar-refractivity contribution >= 4 is 23.6 Å². The Morgan fingerprint density at radius 2 is 2.08 bits per heavy atom. The molecule has 2 aromatic rings. The summed E-state index contributed by atoms with van der Waals surface area (Å²) in [5.41, 5.74) is -0.721. The van der Waals surface area contributed by atoms with Gasteiger partial charge in [0.05, 0.1) is 28.0 Å². The number of hydrogen-bond acceptors (Lipinski definition) is 4. The molecule has 0 saturated carbocycles. The van der Waals surface area contributed by atoms with Crippen LogP contribution in [0.1, 0.15) is 16.8 Å². The zero-order valence-corrected chi connectivity index (χ0v) is 13.8.